The van der Waals surface area contributed by atoms with Gasteiger partial charge in [-0.15, -0.1) is 0 Å². The van der Waals surface area contributed by atoms with Crippen molar-refractivity contribution in [2.24, 2.45) is 11.8 Å². The van der Waals surface area contributed by atoms with Gasteiger partial charge in [0.1, 0.15) is 0 Å². The monoisotopic (exact) mass is 234 g/mol. The first kappa shape index (κ1) is 10.8. The van der Waals surface area contributed by atoms with Gasteiger partial charge in [-0.3, -0.25) is 9.80 Å². The van der Waals surface area contributed by atoms with Crippen molar-refractivity contribution in [2.45, 2.75) is 63.6 Å². The van der Waals surface area contributed by atoms with Crippen LogP contribution in [-0.4, -0.2) is 41.6 Å². The minimum Gasteiger partial charge on any atom is -0.288 e. The van der Waals surface area contributed by atoms with Gasteiger partial charge in [-0.1, -0.05) is 6.42 Å². The number of nitrogens with zero attached hydrogens (tertiary/aromatic N) is 2. The zero-order valence-electron chi connectivity index (χ0n) is 11.0. The van der Waals surface area contributed by atoms with Crippen LogP contribution in [-0.2, 0) is 0 Å². The van der Waals surface area contributed by atoms with Crippen LogP contribution in [0, 0.1) is 11.8 Å². The Morgan fingerprint density at radius 3 is 2.59 bits per heavy atom. The Morgan fingerprint density at radius 1 is 0.706 bits per heavy atom. The van der Waals surface area contributed by atoms with Gasteiger partial charge in [-0.2, -0.15) is 0 Å². The van der Waals surface area contributed by atoms with Crippen LogP contribution in [0.1, 0.15) is 51.4 Å². The first-order chi connectivity index (χ1) is 8.43. The summed E-state index contributed by atoms with van der Waals surface area (Å²) in [5, 5.41) is 0. The number of hydrogen-bond acceptors (Lipinski definition) is 2. The standard InChI is InChI=1S/C15H26N2/c1-2-9-16-11-13-6-3-5-12-7-4-10-17(15(12)13)14(16)8-1/h12-15H,1-11H2/t12-,13-,14?,15+/m0/s1. The zero-order chi connectivity index (χ0) is 11.2. The van der Waals surface area contributed by atoms with Gasteiger partial charge in [0.15, 0.2) is 0 Å². The molecule has 0 radical (unpaired) electrons. The molecule has 1 unspecified atom stereocenters. The summed E-state index contributed by atoms with van der Waals surface area (Å²) in [6.07, 6.45) is 12.8. The highest BCUT2D eigenvalue weighted by Crippen LogP contribution is 2.44. The Bertz CT molecular complexity index is 289. The fourth-order valence-electron chi connectivity index (χ4n) is 5.32. The van der Waals surface area contributed by atoms with Crippen LogP contribution in [0.3, 0.4) is 0 Å². The Morgan fingerprint density at radius 2 is 1.59 bits per heavy atom. The van der Waals surface area contributed by atoms with Crippen LogP contribution in [0.15, 0.2) is 0 Å². The van der Waals surface area contributed by atoms with Crippen LogP contribution in [0.4, 0.5) is 0 Å². The SMILES string of the molecule is C1CCN2C[C@@H]3CCC[C@H]4CCCN(C2C1)[C@H]43. The Kier molecular flexibility index (Phi) is 2.69. The molecular formula is C15H26N2. The van der Waals surface area contributed by atoms with Gasteiger partial charge in [-0.25, -0.2) is 0 Å². The van der Waals surface area contributed by atoms with Gasteiger partial charge in [-0.05, 0) is 69.9 Å². The summed E-state index contributed by atoms with van der Waals surface area (Å²) in [5.41, 5.74) is 0. The summed E-state index contributed by atoms with van der Waals surface area (Å²) in [7, 11) is 0. The zero-order valence-corrected chi connectivity index (χ0v) is 11.0. The van der Waals surface area contributed by atoms with Crippen LogP contribution >= 0.6 is 0 Å². The third-order valence-electron chi connectivity index (χ3n) is 5.92. The maximum absolute atomic E-state index is 2.95. The largest absolute Gasteiger partial charge is 0.288 e. The fraction of sp³-hybridized carbons (Fsp3) is 1.00. The molecule has 3 saturated heterocycles. The van der Waals surface area contributed by atoms with E-state index < -0.39 is 0 Å². The Balaban J connectivity index is 1.63. The molecule has 3 aliphatic heterocycles. The van der Waals surface area contributed by atoms with E-state index in [2.05, 4.69) is 9.80 Å². The van der Waals surface area contributed by atoms with Crippen molar-refractivity contribution in [2.75, 3.05) is 19.6 Å². The fourth-order valence-corrected chi connectivity index (χ4v) is 5.32. The van der Waals surface area contributed by atoms with E-state index >= 15 is 0 Å². The quantitative estimate of drug-likeness (QED) is 0.636. The first-order valence-corrected chi connectivity index (χ1v) is 7.93. The first-order valence-electron chi connectivity index (χ1n) is 7.93. The van der Waals surface area contributed by atoms with E-state index in [0.717, 1.165) is 24.0 Å². The molecule has 0 aromatic rings. The lowest BCUT2D eigenvalue weighted by Gasteiger charge is -2.59. The second kappa shape index (κ2) is 4.24. The van der Waals surface area contributed by atoms with Crippen LogP contribution < -0.4 is 0 Å². The molecule has 2 nitrogen and oxygen atoms in total. The number of fused-ring (bicyclic) bond motifs is 2. The van der Waals surface area contributed by atoms with Crippen molar-refractivity contribution in [3.63, 3.8) is 0 Å². The number of piperidine rings is 2. The lowest BCUT2D eigenvalue weighted by Crippen LogP contribution is -2.67. The molecule has 0 amide bonds. The predicted octanol–water partition coefficient (Wildman–Crippen LogP) is 2.69. The highest BCUT2D eigenvalue weighted by atomic mass is 15.4. The molecule has 4 atom stereocenters. The minimum absolute atomic E-state index is 0.839. The van der Waals surface area contributed by atoms with Gasteiger partial charge in [0, 0.05) is 12.6 Å². The average Bonchev–Trinajstić information content (AvgIpc) is 2.39. The molecule has 0 aromatic heterocycles. The van der Waals surface area contributed by atoms with E-state index in [1.807, 2.05) is 0 Å². The Hall–Kier alpha value is -0.0800. The molecule has 4 fully saturated rings. The number of rotatable bonds is 0. The van der Waals surface area contributed by atoms with Crippen molar-refractivity contribution in [1.82, 2.24) is 9.80 Å². The summed E-state index contributed by atoms with van der Waals surface area (Å²) in [4.78, 5) is 5.78. The van der Waals surface area contributed by atoms with Gasteiger partial charge in [0.2, 0.25) is 0 Å². The minimum atomic E-state index is 0.839. The molecule has 0 N–H and O–H groups in total. The topological polar surface area (TPSA) is 6.48 Å². The molecule has 0 aromatic carbocycles. The summed E-state index contributed by atoms with van der Waals surface area (Å²) in [5.74, 6) is 2.08. The van der Waals surface area contributed by atoms with Crippen molar-refractivity contribution < 1.29 is 0 Å². The van der Waals surface area contributed by atoms with E-state index in [4.69, 9.17) is 0 Å². The summed E-state index contributed by atoms with van der Waals surface area (Å²) in [6, 6.07) is 0.983. The molecule has 0 bridgehead atoms. The van der Waals surface area contributed by atoms with E-state index in [-0.39, 0.29) is 0 Å². The lowest BCUT2D eigenvalue weighted by molar-refractivity contribution is -0.128. The maximum atomic E-state index is 2.95. The second-order valence-corrected chi connectivity index (χ2v) is 6.79. The molecule has 4 rings (SSSR count). The Labute approximate surface area is 105 Å². The second-order valence-electron chi connectivity index (χ2n) is 6.79. The van der Waals surface area contributed by atoms with E-state index in [9.17, 15) is 0 Å². The van der Waals surface area contributed by atoms with Gasteiger partial charge < -0.3 is 0 Å². The van der Waals surface area contributed by atoms with Crippen LogP contribution in [0.2, 0.25) is 0 Å². The van der Waals surface area contributed by atoms with E-state index in [1.54, 1.807) is 0 Å². The molecule has 1 saturated carbocycles. The summed E-state index contributed by atoms with van der Waals surface area (Å²) < 4.78 is 0. The van der Waals surface area contributed by atoms with E-state index in [0.29, 0.717) is 0 Å². The molecule has 96 valence electrons. The van der Waals surface area contributed by atoms with Crippen LogP contribution in [0.5, 0.6) is 0 Å². The average molecular weight is 234 g/mol. The van der Waals surface area contributed by atoms with Crippen molar-refractivity contribution >= 4 is 0 Å². The molecule has 17 heavy (non-hydrogen) atoms. The molecule has 1 aliphatic carbocycles. The van der Waals surface area contributed by atoms with Gasteiger partial charge in [0.05, 0.1) is 6.17 Å². The normalized spacial score (nSPS) is 47.3. The third-order valence-corrected chi connectivity index (χ3v) is 5.92. The maximum Gasteiger partial charge on any atom is 0.0625 e. The van der Waals surface area contributed by atoms with Crippen molar-refractivity contribution in [3.05, 3.63) is 0 Å². The van der Waals surface area contributed by atoms with E-state index in [1.165, 1.54) is 71.0 Å². The molecule has 3 heterocycles. The van der Waals surface area contributed by atoms with Crippen LogP contribution in [0.25, 0.3) is 0 Å². The molecule has 0 spiro atoms. The highest BCUT2D eigenvalue weighted by molar-refractivity contribution is 5.00. The summed E-state index contributed by atoms with van der Waals surface area (Å²) >= 11 is 0. The van der Waals surface area contributed by atoms with Gasteiger partial charge in [0.25, 0.3) is 0 Å². The number of hydrogen-bond donors (Lipinski definition) is 0. The van der Waals surface area contributed by atoms with Crippen molar-refractivity contribution in [3.8, 4) is 0 Å². The summed E-state index contributed by atoms with van der Waals surface area (Å²) in [6.45, 7) is 4.22. The predicted molar refractivity (Wildman–Crippen MR) is 69.8 cm³/mol. The molecular weight excluding hydrogens is 208 g/mol. The molecule has 4 aliphatic rings. The highest BCUT2D eigenvalue weighted by Gasteiger charge is 2.47. The lowest BCUT2D eigenvalue weighted by atomic mass is 9.70. The third kappa shape index (κ3) is 1.67. The van der Waals surface area contributed by atoms with Gasteiger partial charge >= 0.3 is 0 Å². The van der Waals surface area contributed by atoms with Crippen molar-refractivity contribution in [1.29, 1.82) is 0 Å². The molecule has 2 heteroatoms. The smallest absolute Gasteiger partial charge is 0.0625 e.